The fraction of sp³-hybridized carbons (Fsp3) is 0.556. The van der Waals surface area contributed by atoms with Gasteiger partial charge in [-0.2, -0.15) is 0 Å². The fourth-order valence-corrected chi connectivity index (χ4v) is 2.57. The Kier molecular flexibility index (Phi) is 5.70. The molecule has 0 bridgehead atoms. The van der Waals surface area contributed by atoms with Gasteiger partial charge in [0, 0.05) is 24.7 Å². The molecular formula is C18H26N2O4. The smallest absolute Gasteiger partial charge is 0.410 e. The summed E-state index contributed by atoms with van der Waals surface area (Å²) in [5, 5.41) is 2.92. The molecule has 1 heterocycles. The Bertz CT molecular complexity index is 570. The molecular weight excluding hydrogens is 308 g/mol. The number of anilines is 1. The van der Waals surface area contributed by atoms with E-state index in [9.17, 15) is 9.59 Å². The number of amides is 2. The van der Waals surface area contributed by atoms with Crippen LogP contribution in [0.4, 0.5) is 10.5 Å². The van der Waals surface area contributed by atoms with Gasteiger partial charge in [0.1, 0.15) is 11.4 Å². The molecule has 2 amide bonds. The Balaban J connectivity index is 1.82. The molecule has 0 radical (unpaired) electrons. The van der Waals surface area contributed by atoms with Crippen LogP contribution in [0.25, 0.3) is 0 Å². The van der Waals surface area contributed by atoms with E-state index in [1.54, 1.807) is 24.1 Å². The Hall–Kier alpha value is -2.24. The molecule has 1 aliphatic rings. The minimum absolute atomic E-state index is 0.0102. The third kappa shape index (κ3) is 5.15. The molecule has 0 aliphatic carbocycles. The topological polar surface area (TPSA) is 67.9 Å². The molecule has 132 valence electrons. The van der Waals surface area contributed by atoms with Crippen LogP contribution in [0.2, 0.25) is 0 Å². The first-order valence-corrected chi connectivity index (χ1v) is 8.21. The molecule has 1 saturated heterocycles. The van der Waals surface area contributed by atoms with E-state index >= 15 is 0 Å². The molecule has 0 saturated carbocycles. The van der Waals surface area contributed by atoms with Gasteiger partial charge in [-0.3, -0.25) is 4.79 Å². The Morgan fingerprint density at radius 1 is 1.12 bits per heavy atom. The van der Waals surface area contributed by atoms with Gasteiger partial charge >= 0.3 is 6.09 Å². The maximum Gasteiger partial charge on any atom is 0.410 e. The summed E-state index contributed by atoms with van der Waals surface area (Å²) in [5.41, 5.74) is 0.245. The number of piperidine rings is 1. The van der Waals surface area contributed by atoms with Crippen molar-refractivity contribution in [3.63, 3.8) is 0 Å². The SMILES string of the molecule is COc1ccc(NC(=O)C2CCN(C(=O)OC(C)(C)C)CC2)cc1. The number of nitrogens with zero attached hydrogens (tertiary/aromatic N) is 1. The second-order valence-electron chi connectivity index (χ2n) is 6.96. The standard InChI is InChI=1S/C18H26N2O4/c1-18(2,3)24-17(22)20-11-9-13(10-12-20)16(21)19-14-5-7-15(23-4)8-6-14/h5-8,13H,9-12H2,1-4H3,(H,19,21). The number of methoxy groups -OCH3 is 1. The monoisotopic (exact) mass is 334 g/mol. The van der Waals surface area contributed by atoms with Crippen LogP contribution in [0.5, 0.6) is 5.75 Å². The van der Waals surface area contributed by atoms with Crippen LogP contribution in [0.1, 0.15) is 33.6 Å². The molecule has 1 aliphatic heterocycles. The van der Waals surface area contributed by atoms with E-state index in [1.165, 1.54) is 0 Å². The molecule has 0 atom stereocenters. The number of nitrogens with one attached hydrogen (secondary N) is 1. The number of likely N-dealkylation sites (tertiary alicyclic amines) is 1. The van der Waals surface area contributed by atoms with Gasteiger partial charge in [0.05, 0.1) is 7.11 Å². The highest BCUT2D eigenvalue weighted by molar-refractivity contribution is 5.92. The number of hydrogen-bond acceptors (Lipinski definition) is 4. The van der Waals surface area contributed by atoms with Crippen LogP contribution in [0.3, 0.4) is 0 Å². The maximum absolute atomic E-state index is 12.4. The van der Waals surface area contributed by atoms with E-state index < -0.39 is 5.60 Å². The molecule has 1 aromatic carbocycles. The highest BCUT2D eigenvalue weighted by Crippen LogP contribution is 2.22. The van der Waals surface area contributed by atoms with E-state index in [1.807, 2.05) is 32.9 Å². The van der Waals surface area contributed by atoms with E-state index in [2.05, 4.69) is 5.32 Å². The number of rotatable bonds is 3. The summed E-state index contributed by atoms with van der Waals surface area (Å²) in [6.07, 6.45) is 0.971. The van der Waals surface area contributed by atoms with Gasteiger partial charge in [-0.05, 0) is 57.9 Å². The van der Waals surface area contributed by atoms with Crippen molar-refractivity contribution in [1.29, 1.82) is 0 Å². The quantitative estimate of drug-likeness (QED) is 0.921. The number of ether oxygens (including phenoxy) is 2. The van der Waals surface area contributed by atoms with Crippen molar-refractivity contribution < 1.29 is 19.1 Å². The van der Waals surface area contributed by atoms with Gasteiger partial charge in [0.25, 0.3) is 0 Å². The molecule has 1 N–H and O–H groups in total. The summed E-state index contributed by atoms with van der Waals surface area (Å²) in [4.78, 5) is 26.1. The lowest BCUT2D eigenvalue weighted by molar-refractivity contribution is -0.121. The summed E-state index contributed by atoms with van der Waals surface area (Å²) in [6.45, 7) is 6.62. The van der Waals surface area contributed by atoms with Crippen LogP contribution in [0, 0.1) is 5.92 Å². The predicted molar refractivity (Wildman–Crippen MR) is 92.2 cm³/mol. The number of hydrogen-bond donors (Lipinski definition) is 1. The van der Waals surface area contributed by atoms with E-state index in [0.29, 0.717) is 25.9 Å². The second kappa shape index (κ2) is 7.55. The zero-order chi connectivity index (χ0) is 17.7. The Morgan fingerprint density at radius 3 is 2.21 bits per heavy atom. The Labute approximate surface area is 143 Å². The van der Waals surface area contributed by atoms with Crippen molar-refractivity contribution in [3.8, 4) is 5.75 Å². The lowest BCUT2D eigenvalue weighted by Crippen LogP contribution is -2.43. The molecule has 2 rings (SSSR count). The van der Waals surface area contributed by atoms with E-state index in [0.717, 1.165) is 11.4 Å². The van der Waals surface area contributed by atoms with Gasteiger partial charge in [0.15, 0.2) is 0 Å². The normalized spacial score (nSPS) is 15.8. The van der Waals surface area contributed by atoms with Crippen LogP contribution < -0.4 is 10.1 Å². The van der Waals surface area contributed by atoms with Crippen molar-refractivity contribution in [3.05, 3.63) is 24.3 Å². The van der Waals surface area contributed by atoms with Gasteiger partial charge in [-0.15, -0.1) is 0 Å². The van der Waals surface area contributed by atoms with Gasteiger partial charge in [0.2, 0.25) is 5.91 Å². The third-order valence-electron chi connectivity index (χ3n) is 3.87. The van der Waals surface area contributed by atoms with Crippen molar-refractivity contribution in [2.24, 2.45) is 5.92 Å². The molecule has 0 spiro atoms. The van der Waals surface area contributed by atoms with Crippen molar-refractivity contribution in [1.82, 2.24) is 4.90 Å². The minimum Gasteiger partial charge on any atom is -0.497 e. The first-order chi connectivity index (χ1) is 11.3. The van der Waals surface area contributed by atoms with Gasteiger partial charge in [-0.25, -0.2) is 4.79 Å². The molecule has 1 fully saturated rings. The lowest BCUT2D eigenvalue weighted by Gasteiger charge is -2.32. The summed E-state index contributed by atoms with van der Waals surface area (Å²) >= 11 is 0. The summed E-state index contributed by atoms with van der Waals surface area (Å²) in [5.74, 6) is 0.647. The molecule has 1 aromatic rings. The maximum atomic E-state index is 12.4. The van der Waals surface area contributed by atoms with Crippen LogP contribution >= 0.6 is 0 Å². The van der Waals surface area contributed by atoms with E-state index in [4.69, 9.17) is 9.47 Å². The van der Waals surface area contributed by atoms with Crippen molar-refractivity contribution >= 4 is 17.7 Å². The molecule has 24 heavy (non-hydrogen) atoms. The van der Waals surface area contributed by atoms with Crippen LogP contribution in [0.15, 0.2) is 24.3 Å². The highest BCUT2D eigenvalue weighted by atomic mass is 16.6. The first-order valence-electron chi connectivity index (χ1n) is 8.21. The van der Waals surface area contributed by atoms with Gasteiger partial charge < -0.3 is 19.7 Å². The Morgan fingerprint density at radius 2 is 1.71 bits per heavy atom. The predicted octanol–water partition coefficient (Wildman–Crippen LogP) is 3.28. The summed E-state index contributed by atoms with van der Waals surface area (Å²) in [7, 11) is 1.60. The molecule has 6 heteroatoms. The zero-order valence-corrected chi connectivity index (χ0v) is 14.8. The fourth-order valence-electron chi connectivity index (χ4n) is 2.57. The third-order valence-corrected chi connectivity index (χ3v) is 3.87. The molecule has 0 unspecified atom stereocenters. The lowest BCUT2D eigenvalue weighted by atomic mass is 9.96. The van der Waals surface area contributed by atoms with Crippen molar-refractivity contribution in [2.45, 2.75) is 39.2 Å². The summed E-state index contributed by atoms with van der Waals surface area (Å²) in [6, 6.07) is 7.24. The largest absolute Gasteiger partial charge is 0.497 e. The van der Waals surface area contributed by atoms with E-state index in [-0.39, 0.29) is 17.9 Å². The number of carbonyl (C=O) groups is 2. The number of carbonyl (C=O) groups excluding carboxylic acids is 2. The van der Waals surface area contributed by atoms with Crippen LogP contribution in [-0.2, 0) is 9.53 Å². The van der Waals surface area contributed by atoms with Crippen LogP contribution in [-0.4, -0.2) is 42.7 Å². The zero-order valence-electron chi connectivity index (χ0n) is 14.8. The summed E-state index contributed by atoms with van der Waals surface area (Å²) < 4.78 is 10.5. The average Bonchev–Trinajstić information content (AvgIpc) is 2.54. The molecule has 0 aromatic heterocycles. The second-order valence-corrected chi connectivity index (χ2v) is 6.96. The highest BCUT2D eigenvalue weighted by Gasteiger charge is 2.29. The average molecular weight is 334 g/mol. The number of benzene rings is 1. The minimum atomic E-state index is -0.500. The molecule has 6 nitrogen and oxygen atoms in total. The first kappa shape index (κ1) is 18.1. The van der Waals surface area contributed by atoms with Gasteiger partial charge in [-0.1, -0.05) is 0 Å². The van der Waals surface area contributed by atoms with Crippen molar-refractivity contribution in [2.75, 3.05) is 25.5 Å².